The second-order valence-electron chi connectivity index (χ2n) is 7.34. The average Bonchev–Trinajstić information content (AvgIpc) is 3.16. The van der Waals surface area contributed by atoms with Gasteiger partial charge >= 0.3 is 0 Å². The first-order chi connectivity index (χ1) is 13.1. The zero-order valence-corrected chi connectivity index (χ0v) is 15.6. The minimum Gasteiger partial charge on any atom is -0.365 e. The Kier molecular flexibility index (Phi) is 4.70. The van der Waals surface area contributed by atoms with Crippen LogP contribution >= 0.6 is 0 Å². The Bertz CT molecular complexity index is 844. The van der Waals surface area contributed by atoms with Crippen molar-refractivity contribution >= 4 is 17.5 Å². The molecule has 2 fully saturated rings. The summed E-state index contributed by atoms with van der Waals surface area (Å²) in [4.78, 5) is 29.2. The first kappa shape index (κ1) is 17.7. The first-order valence-electron chi connectivity index (χ1n) is 9.47. The largest absolute Gasteiger partial charge is 0.365 e. The number of anilines is 1. The third kappa shape index (κ3) is 3.35. The number of carbonyl (C=O) groups is 2. The highest BCUT2D eigenvalue weighted by Crippen LogP contribution is 2.32. The van der Waals surface area contributed by atoms with Crippen molar-refractivity contribution in [2.24, 2.45) is 0 Å². The van der Waals surface area contributed by atoms with E-state index in [2.05, 4.69) is 0 Å². The molecule has 2 aliphatic rings. The normalized spacial score (nSPS) is 22.9. The molecule has 0 bridgehead atoms. The molecule has 0 aromatic heterocycles. The van der Waals surface area contributed by atoms with Crippen LogP contribution in [0.15, 0.2) is 54.6 Å². The summed E-state index contributed by atoms with van der Waals surface area (Å²) in [5.74, 6) is -0.121. The second kappa shape index (κ2) is 7.16. The number of ether oxygens (including phenoxy) is 1. The van der Waals surface area contributed by atoms with E-state index < -0.39 is 5.60 Å². The third-order valence-corrected chi connectivity index (χ3v) is 5.46. The Balaban J connectivity index is 1.55. The molecule has 140 valence electrons. The molecular weight excluding hydrogens is 340 g/mol. The number of nitrogens with zero attached hydrogens (tertiary/aromatic N) is 2. The fourth-order valence-electron chi connectivity index (χ4n) is 3.95. The van der Waals surface area contributed by atoms with Crippen LogP contribution in [0.5, 0.6) is 0 Å². The van der Waals surface area contributed by atoms with Gasteiger partial charge in [-0.25, -0.2) is 0 Å². The molecule has 0 radical (unpaired) electrons. The van der Waals surface area contributed by atoms with E-state index in [0.717, 1.165) is 29.7 Å². The van der Waals surface area contributed by atoms with Crippen molar-refractivity contribution in [1.82, 2.24) is 4.90 Å². The molecule has 0 unspecified atom stereocenters. The number of para-hydroxylation sites is 1. The summed E-state index contributed by atoms with van der Waals surface area (Å²) in [6.45, 7) is 3.56. The third-order valence-electron chi connectivity index (χ3n) is 5.46. The molecule has 2 saturated heterocycles. The van der Waals surface area contributed by atoms with Crippen LogP contribution in [-0.2, 0) is 14.3 Å². The fourth-order valence-corrected chi connectivity index (χ4v) is 3.95. The van der Waals surface area contributed by atoms with Crippen LogP contribution in [0.25, 0.3) is 11.1 Å². The van der Waals surface area contributed by atoms with Gasteiger partial charge in [0.2, 0.25) is 5.91 Å². The SMILES string of the molecule is C[C@]1(C(=O)N2CCN(c3ccccc3-c3ccccc3)C(=O)C2)CCCO1. The molecule has 0 N–H and O–H groups in total. The summed E-state index contributed by atoms with van der Waals surface area (Å²) < 4.78 is 5.66. The van der Waals surface area contributed by atoms with Gasteiger partial charge < -0.3 is 14.5 Å². The van der Waals surface area contributed by atoms with Crippen molar-refractivity contribution in [1.29, 1.82) is 0 Å². The number of rotatable bonds is 3. The van der Waals surface area contributed by atoms with Crippen LogP contribution in [0, 0.1) is 0 Å². The van der Waals surface area contributed by atoms with Gasteiger partial charge in [-0.3, -0.25) is 9.59 Å². The lowest BCUT2D eigenvalue weighted by Gasteiger charge is -2.38. The van der Waals surface area contributed by atoms with Crippen LogP contribution in [0.3, 0.4) is 0 Å². The number of hydrogen-bond acceptors (Lipinski definition) is 3. The highest BCUT2D eigenvalue weighted by molar-refractivity contribution is 6.01. The number of hydrogen-bond donors (Lipinski definition) is 0. The number of amides is 2. The first-order valence-corrected chi connectivity index (χ1v) is 9.47. The molecule has 5 nitrogen and oxygen atoms in total. The standard InChI is InChI=1S/C22H24N2O3/c1-22(12-7-15-27-22)21(26)23-13-14-24(20(25)16-23)19-11-6-5-10-18(19)17-8-3-2-4-9-17/h2-6,8-11H,7,12-16H2,1H3/t22-/m1/s1. The van der Waals surface area contributed by atoms with Crippen LogP contribution < -0.4 is 4.90 Å². The molecule has 0 saturated carbocycles. The van der Waals surface area contributed by atoms with E-state index in [0.29, 0.717) is 19.7 Å². The van der Waals surface area contributed by atoms with Crippen molar-refractivity contribution in [3.05, 3.63) is 54.6 Å². The summed E-state index contributed by atoms with van der Waals surface area (Å²) in [7, 11) is 0. The lowest BCUT2D eigenvalue weighted by atomic mass is 10.00. The monoisotopic (exact) mass is 364 g/mol. The Morgan fingerprint density at radius 2 is 1.78 bits per heavy atom. The van der Waals surface area contributed by atoms with Crippen molar-refractivity contribution in [2.45, 2.75) is 25.4 Å². The molecular formula is C22H24N2O3. The lowest BCUT2D eigenvalue weighted by molar-refractivity contribution is -0.153. The maximum Gasteiger partial charge on any atom is 0.255 e. The van der Waals surface area contributed by atoms with Gasteiger partial charge in [-0.15, -0.1) is 0 Å². The highest BCUT2D eigenvalue weighted by Gasteiger charge is 2.42. The molecule has 2 amide bonds. The minimum absolute atomic E-state index is 0.0559. The van der Waals surface area contributed by atoms with Crippen molar-refractivity contribution in [3.63, 3.8) is 0 Å². The Morgan fingerprint density at radius 3 is 2.48 bits per heavy atom. The van der Waals surface area contributed by atoms with Gasteiger partial charge in [0.25, 0.3) is 5.91 Å². The quantitative estimate of drug-likeness (QED) is 0.841. The fraction of sp³-hybridized carbons (Fsp3) is 0.364. The molecule has 0 aliphatic carbocycles. The summed E-state index contributed by atoms with van der Waals surface area (Å²) in [5, 5.41) is 0. The molecule has 2 aromatic rings. The molecule has 4 rings (SSSR count). The predicted octanol–water partition coefficient (Wildman–Crippen LogP) is 3.10. The van der Waals surface area contributed by atoms with E-state index in [1.54, 1.807) is 9.80 Å². The van der Waals surface area contributed by atoms with Gasteiger partial charge in [0, 0.05) is 25.3 Å². The van der Waals surface area contributed by atoms with Crippen molar-refractivity contribution < 1.29 is 14.3 Å². The number of piperazine rings is 1. The van der Waals surface area contributed by atoms with E-state index in [9.17, 15) is 9.59 Å². The zero-order valence-electron chi connectivity index (χ0n) is 15.6. The van der Waals surface area contributed by atoms with Crippen LogP contribution in [0.1, 0.15) is 19.8 Å². The Labute approximate surface area is 159 Å². The van der Waals surface area contributed by atoms with E-state index in [-0.39, 0.29) is 18.4 Å². The van der Waals surface area contributed by atoms with E-state index >= 15 is 0 Å². The zero-order chi connectivity index (χ0) is 18.9. The summed E-state index contributed by atoms with van der Waals surface area (Å²) in [6, 6.07) is 18.0. The molecule has 0 spiro atoms. The molecule has 2 aliphatic heterocycles. The number of carbonyl (C=O) groups excluding carboxylic acids is 2. The lowest BCUT2D eigenvalue weighted by Crippen LogP contribution is -2.57. The molecule has 27 heavy (non-hydrogen) atoms. The summed E-state index contributed by atoms with van der Waals surface area (Å²) in [5.41, 5.74) is 2.22. The maximum atomic E-state index is 12.9. The van der Waals surface area contributed by atoms with Crippen LogP contribution in [-0.4, -0.2) is 48.6 Å². The summed E-state index contributed by atoms with van der Waals surface area (Å²) >= 11 is 0. The van der Waals surface area contributed by atoms with Gasteiger partial charge in [0.1, 0.15) is 12.1 Å². The van der Waals surface area contributed by atoms with Crippen LogP contribution in [0.4, 0.5) is 5.69 Å². The second-order valence-corrected chi connectivity index (χ2v) is 7.34. The Hall–Kier alpha value is -2.66. The molecule has 1 atom stereocenters. The van der Waals surface area contributed by atoms with Gasteiger partial charge in [0.15, 0.2) is 0 Å². The molecule has 2 aromatic carbocycles. The van der Waals surface area contributed by atoms with Gasteiger partial charge in [-0.05, 0) is 31.4 Å². The molecule has 2 heterocycles. The minimum atomic E-state index is -0.773. The number of benzene rings is 2. The van der Waals surface area contributed by atoms with Crippen LogP contribution in [0.2, 0.25) is 0 Å². The molecule has 5 heteroatoms. The van der Waals surface area contributed by atoms with E-state index in [1.807, 2.05) is 61.5 Å². The smallest absolute Gasteiger partial charge is 0.255 e. The predicted molar refractivity (Wildman–Crippen MR) is 104 cm³/mol. The Morgan fingerprint density at radius 1 is 1.04 bits per heavy atom. The van der Waals surface area contributed by atoms with E-state index in [4.69, 9.17) is 4.74 Å². The van der Waals surface area contributed by atoms with Crippen molar-refractivity contribution in [2.75, 3.05) is 31.1 Å². The highest BCUT2D eigenvalue weighted by atomic mass is 16.5. The van der Waals surface area contributed by atoms with Crippen molar-refractivity contribution in [3.8, 4) is 11.1 Å². The van der Waals surface area contributed by atoms with E-state index in [1.165, 1.54) is 0 Å². The average molecular weight is 364 g/mol. The maximum absolute atomic E-state index is 12.9. The van der Waals surface area contributed by atoms with Gasteiger partial charge in [0.05, 0.1) is 5.69 Å². The van der Waals surface area contributed by atoms with Gasteiger partial charge in [-0.2, -0.15) is 0 Å². The summed E-state index contributed by atoms with van der Waals surface area (Å²) in [6.07, 6.45) is 1.61. The van der Waals surface area contributed by atoms with Gasteiger partial charge in [-0.1, -0.05) is 48.5 Å². The topological polar surface area (TPSA) is 49.9 Å².